The van der Waals surface area contributed by atoms with Crippen LogP contribution in [0.3, 0.4) is 0 Å². The second kappa shape index (κ2) is 10.6. The Labute approximate surface area is 184 Å². The van der Waals surface area contributed by atoms with Crippen LogP contribution in [-0.2, 0) is 25.4 Å². The highest BCUT2D eigenvalue weighted by molar-refractivity contribution is 5.31. The summed E-state index contributed by atoms with van der Waals surface area (Å²) in [4.78, 5) is 0. The Hall–Kier alpha value is -2.89. The van der Waals surface area contributed by atoms with E-state index in [1.807, 2.05) is 0 Å². The van der Waals surface area contributed by atoms with Gasteiger partial charge in [0.05, 0.1) is 5.56 Å². The normalized spacial score (nSPS) is 11.6. The van der Waals surface area contributed by atoms with E-state index < -0.39 is 23.6 Å². The lowest BCUT2D eigenvalue weighted by atomic mass is 10.0. The maximum Gasteiger partial charge on any atom is 0.426 e. The molecule has 3 aromatic rings. The third-order valence-electron chi connectivity index (χ3n) is 5.27. The maximum atomic E-state index is 14.5. The van der Waals surface area contributed by atoms with Gasteiger partial charge >= 0.3 is 6.11 Å². The van der Waals surface area contributed by atoms with Gasteiger partial charge in [-0.3, -0.25) is 0 Å². The maximum absolute atomic E-state index is 14.5. The molecule has 0 aliphatic heterocycles. The molecular weight excluding hydrogens is 423 g/mol. The van der Waals surface area contributed by atoms with Crippen LogP contribution in [0.4, 0.5) is 22.0 Å². The van der Waals surface area contributed by atoms with Gasteiger partial charge in [-0.2, -0.15) is 8.78 Å². The molecule has 6 heteroatoms. The predicted octanol–water partition coefficient (Wildman–Crippen LogP) is 7.75. The Morgan fingerprint density at radius 2 is 1.22 bits per heavy atom. The summed E-state index contributed by atoms with van der Waals surface area (Å²) in [6, 6.07) is 14.1. The van der Waals surface area contributed by atoms with Crippen molar-refractivity contribution in [3.05, 3.63) is 100 Å². The number of aryl methyl sites for hydroxylation is 3. The Balaban J connectivity index is 1.58. The van der Waals surface area contributed by atoms with E-state index >= 15 is 0 Å². The first-order chi connectivity index (χ1) is 15.3. The van der Waals surface area contributed by atoms with Crippen LogP contribution >= 0.6 is 0 Å². The summed E-state index contributed by atoms with van der Waals surface area (Å²) in [7, 11) is 0. The zero-order valence-corrected chi connectivity index (χ0v) is 17.8. The predicted molar refractivity (Wildman–Crippen MR) is 114 cm³/mol. The van der Waals surface area contributed by atoms with Crippen molar-refractivity contribution >= 4 is 0 Å². The van der Waals surface area contributed by atoms with Crippen LogP contribution in [0.25, 0.3) is 0 Å². The highest BCUT2D eigenvalue weighted by Gasteiger charge is 2.34. The van der Waals surface area contributed by atoms with Crippen LogP contribution in [0, 0.1) is 17.5 Å². The van der Waals surface area contributed by atoms with Gasteiger partial charge in [0.15, 0.2) is 17.5 Å². The largest absolute Gasteiger partial charge is 0.429 e. The number of ether oxygens (including phenoxy) is 1. The molecule has 0 aromatic heterocycles. The van der Waals surface area contributed by atoms with Gasteiger partial charge in [-0.15, -0.1) is 0 Å². The lowest BCUT2D eigenvalue weighted by Crippen LogP contribution is -2.21. The zero-order chi connectivity index (χ0) is 23.1. The van der Waals surface area contributed by atoms with Gasteiger partial charge in [-0.05, 0) is 78.8 Å². The van der Waals surface area contributed by atoms with Gasteiger partial charge in [-0.25, -0.2) is 13.2 Å². The van der Waals surface area contributed by atoms with Gasteiger partial charge in [0.25, 0.3) is 0 Å². The Kier molecular flexibility index (Phi) is 7.89. The number of benzene rings is 3. The van der Waals surface area contributed by atoms with E-state index in [1.165, 1.54) is 24.3 Å². The molecular formula is C26H25F5O. The summed E-state index contributed by atoms with van der Waals surface area (Å²) in [6.07, 6.45) is 1.29. The molecule has 0 heterocycles. The second-order valence-electron chi connectivity index (χ2n) is 7.79. The minimum Gasteiger partial charge on any atom is -0.429 e. The standard InChI is InChI=1S/C26H25F5O/c1-2-3-4-5-18-8-12-21(13-9-18)26(30,31)32-22-14-10-19(11-15-22)6-7-20-16-23(27)25(29)24(28)17-20/h8-17H,2-7H2,1H3. The fraction of sp³-hybridized carbons (Fsp3) is 0.308. The first-order valence-electron chi connectivity index (χ1n) is 10.7. The van der Waals surface area contributed by atoms with Crippen molar-refractivity contribution in [1.29, 1.82) is 0 Å². The summed E-state index contributed by atoms with van der Waals surface area (Å²) in [5.41, 5.74) is 1.87. The van der Waals surface area contributed by atoms with Crippen LogP contribution < -0.4 is 4.74 Å². The molecule has 0 spiro atoms. The summed E-state index contributed by atoms with van der Waals surface area (Å²) in [5.74, 6) is -3.97. The number of halogens is 5. The Morgan fingerprint density at radius 1 is 0.688 bits per heavy atom. The molecule has 0 N–H and O–H groups in total. The van der Waals surface area contributed by atoms with Crippen molar-refractivity contribution in [2.45, 2.75) is 51.6 Å². The smallest absolute Gasteiger partial charge is 0.426 e. The van der Waals surface area contributed by atoms with Crippen molar-refractivity contribution in [3.63, 3.8) is 0 Å². The molecule has 3 rings (SSSR count). The monoisotopic (exact) mass is 448 g/mol. The van der Waals surface area contributed by atoms with Gasteiger partial charge < -0.3 is 4.74 Å². The van der Waals surface area contributed by atoms with Crippen molar-refractivity contribution in [3.8, 4) is 5.75 Å². The number of hydrogen-bond donors (Lipinski definition) is 0. The molecule has 0 unspecified atom stereocenters. The van der Waals surface area contributed by atoms with E-state index in [0.717, 1.165) is 48.9 Å². The molecule has 0 radical (unpaired) electrons. The van der Waals surface area contributed by atoms with Crippen LogP contribution in [0.15, 0.2) is 60.7 Å². The molecule has 0 fully saturated rings. The number of rotatable bonds is 10. The lowest BCUT2D eigenvalue weighted by Gasteiger charge is -2.19. The fourth-order valence-corrected chi connectivity index (χ4v) is 3.42. The third kappa shape index (κ3) is 6.31. The van der Waals surface area contributed by atoms with Gasteiger partial charge in [-0.1, -0.05) is 44.0 Å². The topological polar surface area (TPSA) is 9.23 Å². The second-order valence-corrected chi connectivity index (χ2v) is 7.79. The zero-order valence-electron chi connectivity index (χ0n) is 17.8. The van der Waals surface area contributed by atoms with E-state index in [0.29, 0.717) is 12.0 Å². The molecule has 0 aliphatic carbocycles. The summed E-state index contributed by atoms with van der Waals surface area (Å²) in [6.45, 7) is 2.11. The first kappa shape index (κ1) is 23.8. The van der Waals surface area contributed by atoms with Gasteiger partial charge in [0.2, 0.25) is 0 Å². The fourth-order valence-electron chi connectivity index (χ4n) is 3.42. The van der Waals surface area contributed by atoms with Crippen molar-refractivity contribution in [2.75, 3.05) is 0 Å². The molecule has 0 saturated carbocycles. The highest BCUT2D eigenvalue weighted by Crippen LogP contribution is 2.32. The van der Waals surface area contributed by atoms with Crippen LogP contribution in [0.1, 0.15) is 48.4 Å². The number of alkyl halides is 2. The molecule has 0 aliphatic rings. The Morgan fingerprint density at radius 3 is 1.81 bits per heavy atom. The minimum atomic E-state index is -3.48. The lowest BCUT2D eigenvalue weighted by molar-refractivity contribution is -0.185. The molecule has 0 bridgehead atoms. The summed E-state index contributed by atoms with van der Waals surface area (Å²) in [5, 5.41) is 0. The molecule has 1 nitrogen and oxygen atoms in total. The van der Waals surface area contributed by atoms with E-state index in [9.17, 15) is 22.0 Å². The van der Waals surface area contributed by atoms with Crippen molar-refractivity contribution in [1.82, 2.24) is 0 Å². The van der Waals surface area contributed by atoms with Crippen LogP contribution in [-0.4, -0.2) is 0 Å². The highest BCUT2D eigenvalue weighted by atomic mass is 19.3. The molecule has 3 aromatic carbocycles. The minimum absolute atomic E-state index is 0.00430. The van der Waals surface area contributed by atoms with Crippen molar-refractivity contribution < 1.29 is 26.7 Å². The molecule has 0 saturated heterocycles. The van der Waals surface area contributed by atoms with Crippen molar-refractivity contribution in [2.24, 2.45) is 0 Å². The number of hydrogen-bond acceptors (Lipinski definition) is 1. The number of unbranched alkanes of at least 4 members (excludes halogenated alkanes) is 2. The van der Waals surface area contributed by atoms with E-state index in [-0.39, 0.29) is 17.7 Å². The third-order valence-corrected chi connectivity index (χ3v) is 5.27. The molecule has 32 heavy (non-hydrogen) atoms. The average Bonchev–Trinajstić information content (AvgIpc) is 2.77. The SMILES string of the molecule is CCCCCc1ccc(C(F)(F)Oc2ccc(CCc3cc(F)c(F)c(F)c3)cc2)cc1. The first-order valence-corrected chi connectivity index (χ1v) is 10.7. The molecule has 170 valence electrons. The van der Waals surface area contributed by atoms with E-state index in [2.05, 4.69) is 6.92 Å². The van der Waals surface area contributed by atoms with Gasteiger partial charge in [0.1, 0.15) is 5.75 Å². The summed E-state index contributed by atoms with van der Waals surface area (Å²) >= 11 is 0. The molecule has 0 atom stereocenters. The van der Waals surface area contributed by atoms with Crippen LogP contribution in [0.2, 0.25) is 0 Å². The summed E-state index contributed by atoms with van der Waals surface area (Å²) < 4.78 is 73.6. The van der Waals surface area contributed by atoms with Gasteiger partial charge in [0, 0.05) is 0 Å². The van der Waals surface area contributed by atoms with Crippen LogP contribution in [0.5, 0.6) is 5.75 Å². The quantitative estimate of drug-likeness (QED) is 0.175. The molecule has 0 amide bonds. The average molecular weight is 448 g/mol. The van der Waals surface area contributed by atoms with E-state index in [4.69, 9.17) is 4.74 Å². The Bertz CT molecular complexity index is 990. The van der Waals surface area contributed by atoms with E-state index in [1.54, 1.807) is 24.3 Å².